The van der Waals surface area contributed by atoms with Crippen LogP contribution in [-0.4, -0.2) is 67.8 Å². The van der Waals surface area contributed by atoms with Gasteiger partial charge in [0.1, 0.15) is 11.8 Å². The Kier molecular flexibility index (Phi) is 10.0. The van der Waals surface area contributed by atoms with E-state index in [9.17, 15) is 14.4 Å². The fraction of sp³-hybridized carbons (Fsp3) is 0.385. The Morgan fingerprint density at radius 3 is 2.50 bits per heavy atom. The van der Waals surface area contributed by atoms with Crippen LogP contribution in [0.4, 0.5) is 0 Å². The third kappa shape index (κ3) is 7.89. The zero-order chi connectivity index (χ0) is 26.1. The van der Waals surface area contributed by atoms with Gasteiger partial charge in [-0.3, -0.25) is 14.4 Å². The van der Waals surface area contributed by atoms with Crippen molar-refractivity contribution in [3.63, 3.8) is 0 Å². The van der Waals surface area contributed by atoms with Gasteiger partial charge in [-0.05, 0) is 43.2 Å². The fourth-order valence-corrected chi connectivity index (χ4v) is 3.87. The Morgan fingerprint density at radius 2 is 1.83 bits per heavy atom. The van der Waals surface area contributed by atoms with Crippen molar-refractivity contribution < 1.29 is 23.9 Å². The number of halogens is 1. The molecule has 2 aromatic carbocycles. The number of benzene rings is 2. The van der Waals surface area contributed by atoms with E-state index in [0.717, 1.165) is 10.0 Å². The molecule has 9 nitrogen and oxygen atoms in total. The minimum absolute atomic E-state index is 0.116. The standard InChI is InChI=1S/C26H31BrN4O5/c1-17(2)24(29-25(33)19-6-4-18(3)5-7-19)26(34)30-28-15-20-14-21(27)8-9-22(20)36-16-23(32)31-10-12-35-13-11-31/h4-9,14-15,17,24H,10-13,16H2,1-3H3,(H,29,33)(H,30,34). The number of rotatable bonds is 9. The normalized spacial score (nSPS) is 14.5. The number of hydrogen-bond donors (Lipinski definition) is 2. The number of morpholine rings is 1. The maximum Gasteiger partial charge on any atom is 0.262 e. The molecule has 3 rings (SSSR count). The zero-order valence-corrected chi connectivity index (χ0v) is 22.2. The molecule has 0 aromatic heterocycles. The Hall–Kier alpha value is -3.24. The van der Waals surface area contributed by atoms with E-state index in [1.54, 1.807) is 35.2 Å². The first kappa shape index (κ1) is 27.3. The Bertz CT molecular complexity index is 1100. The molecule has 0 saturated carbocycles. The van der Waals surface area contributed by atoms with Crippen LogP contribution in [0.15, 0.2) is 52.0 Å². The highest BCUT2D eigenvalue weighted by Gasteiger charge is 2.24. The van der Waals surface area contributed by atoms with Gasteiger partial charge in [0, 0.05) is 28.7 Å². The summed E-state index contributed by atoms with van der Waals surface area (Å²) in [5.41, 5.74) is 4.59. The molecular formula is C26H31BrN4O5. The van der Waals surface area contributed by atoms with E-state index in [1.807, 2.05) is 32.9 Å². The summed E-state index contributed by atoms with van der Waals surface area (Å²) in [4.78, 5) is 39.5. The SMILES string of the molecule is Cc1ccc(C(=O)NC(C(=O)NN=Cc2cc(Br)ccc2OCC(=O)N2CCOCC2)C(C)C)cc1. The predicted molar refractivity (Wildman–Crippen MR) is 140 cm³/mol. The van der Waals surface area contributed by atoms with Crippen molar-refractivity contribution in [2.75, 3.05) is 32.9 Å². The molecule has 2 aromatic rings. The summed E-state index contributed by atoms with van der Waals surface area (Å²) in [5.74, 6) is -0.611. The molecule has 36 heavy (non-hydrogen) atoms. The number of carbonyl (C=O) groups excluding carboxylic acids is 3. The Balaban J connectivity index is 1.61. The lowest BCUT2D eigenvalue weighted by atomic mass is 10.0. The van der Waals surface area contributed by atoms with Gasteiger partial charge in [-0.15, -0.1) is 0 Å². The summed E-state index contributed by atoms with van der Waals surface area (Å²) in [7, 11) is 0. The van der Waals surface area contributed by atoms with Crippen molar-refractivity contribution in [2.45, 2.75) is 26.8 Å². The highest BCUT2D eigenvalue weighted by Crippen LogP contribution is 2.22. The molecule has 0 aliphatic carbocycles. The van der Waals surface area contributed by atoms with Crippen molar-refractivity contribution in [3.05, 3.63) is 63.6 Å². The summed E-state index contributed by atoms with van der Waals surface area (Å²) >= 11 is 3.41. The van der Waals surface area contributed by atoms with Crippen LogP contribution in [0.1, 0.15) is 35.3 Å². The number of amides is 3. The molecule has 1 aliphatic heterocycles. The number of hydrazone groups is 1. The van der Waals surface area contributed by atoms with Crippen LogP contribution in [0, 0.1) is 12.8 Å². The average Bonchev–Trinajstić information content (AvgIpc) is 2.87. The second-order valence-corrected chi connectivity index (χ2v) is 9.68. The Morgan fingerprint density at radius 1 is 1.14 bits per heavy atom. The highest BCUT2D eigenvalue weighted by atomic mass is 79.9. The summed E-state index contributed by atoms with van der Waals surface area (Å²) in [6.45, 7) is 7.63. The van der Waals surface area contributed by atoms with Crippen LogP contribution in [0.2, 0.25) is 0 Å². The fourth-order valence-electron chi connectivity index (χ4n) is 3.49. The van der Waals surface area contributed by atoms with Gasteiger partial charge in [0.25, 0.3) is 17.7 Å². The molecule has 0 spiro atoms. The molecule has 192 valence electrons. The third-order valence-corrected chi connectivity index (χ3v) is 6.11. The van der Waals surface area contributed by atoms with E-state index >= 15 is 0 Å². The van der Waals surface area contributed by atoms with E-state index in [4.69, 9.17) is 9.47 Å². The van der Waals surface area contributed by atoms with E-state index in [2.05, 4.69) is 31.8 Å². The quantitative estimate of drug-likeness (QED) is 0.363. The maximum absolute atomic E-state index is 12.8. The van der Waals surface area contributed by atoms with Crippen molar-refractivity contribution in [1.82, 2.24) is 15.6 Å². The van der Waals surface area contributed by atoms with Gasteiger partial charge in [0.05, 0.1) is 19.4 Å². The lowest BCUT2D eigenvalue weighted by molar-refractivity contribution is -0.137. The van der Waals surface area contributed by atoms with Crippen molar-refractivity contribution in [1.29, 1.82) is 0 Å². The van der Waals surface area contributed by atoms with E-state index < -0.39 is 11.9 Å². The van der Waals surface area contributed by atoms with Gasteiger partial charge in [0.15, 0.2) is 6.61 Å². The largest absolute Gasteiger partial charge is 0.483 e. The molecule has 1 fully saturated rings. The number of hydrogen-bond acceptors (Lipinski definition) is 6. The summed E-state index contributed by atoms with van der Waals surface area (Å²) in [5, 5.41) is 6.84. The smallest absolute Gasteiger partial charge is 0.262 e. The monoisotopic (exact) mass is 558 g/mol. The van der Waals surface area contributed by atoms with Crippen LogP contribution in [0.3, 0.4) is 0 Å². The summed E-state index contributed by atoms with van der Waals surface area (Å²) in [6, 6.07) is 11.6. The van der Waals surface area contributed by atoms with Gasteiger partial charge in [-0.25, -0.2) is 5.43 Å². The first-order valence-electron chi connectivity index (χ1n) is 11.7. The van der Waals surface area contributed by atoms with E-state index in [1.165, 1.54) is 6.21 Å². The lowest BCUT2D eigenvalue weighted by Crippen LogP contribution is -2.48. The second-order valence-electron chi connectivity index (χ2n) is 8.76. The van der Waals surface area contributed by atoms with Gasteiger partial charge in [-0.2, -0.15) is 5.10 Å². The molecule has 1 atom stereocenters. The van der Waals surface area contributed by atoms with Crippen LogP contribution in [0.5, 0.6) is 5.75 Å². The number of carbonyl (C=O) groups is 3. The first-order valence-corrected chi connectivity index (χ1v) is 12.5. The molecule has 1 unspecified atom stereocenters. The summed E-state index contributed by atoms with van der Waals surface area (Å²) < 4.78 is 11.8. The number of aryl methyl sites for hydroxylation is 1. The lowest BCUT2D eigenvalue weighted by Gasteiger charge is -2.26. The van der Waals surface area contributed by atoms with E-state index in [-0.39, 0.29) is 24.3 Å². The number of nitrogens with zero attached hydrogens (tertiary/aromatic N) is 2. The minimum Gasteiger partial charge on any atom is -0.483 e. The topological polar surface area (TPSA) is 109 Å². The molecular weight excluding hydrogens is 528 g/mol. The Labute approximate surface area is 219 Å². The van der Waals surface area contributed by atoms with Crippen molar-refractivity contribution in [2.24, 2.45) is 11.0 Å². The first-order chi connectivity index (χ1) is 17.2. The molecule has 1 aliphatic rings. The van der Waals surface area contributed by atoms with Gasteiger partial charge >= 0.3 is 0 Å². The predicted octanol–water partition coefficient (Wildman–Crippen LogP) is 2.90. The van der Waals surface area contributed by atoms with Crippen LogP contribution < -0.4 is 15.5 Å². The van der Waals surface area contributed by atoms with Gasteiger partial charge in [0.2, 0.25) is 0 Å². The van der Waals surface area contributed by atoms with Crippen LogP contribution in [-0.2, 0) is 14.3 Å². The molecule has 0 radical (unpaired) electrons. The summed E-state index contributed by atoms with van der Waals surface area (Å²) in [6.07, 6.45) is 1.44. The van der Waals surface area contributed by atoms with Crippen LogP contribution in [0.25, 0.3) is 0 Å². The molecule has 1 heterocycles. The van der Waals surface area contributed by atoms with Crippen molar-refractivity contribution in [3.8, 4) is 5.75 Å². The van der Waals surface area contributed by atoms with Gasteiger partial charge < -0.3 is 19.7 Å². The number of ether oxygens (including phenoxy) is 2. The molecule has 0 bridgehead atoms. The minimum atomic E-state index is -0.777. The van der Waals surface area contributed by atoms with Gasteiger partial charge in [-0.1, -0.05) is 47.5 Å². The third-order valence-electron chi connectivity index (χ3n) is 5.61. The number of nitrogens with one attached hydrogen (secondary N) is 2. The highest BCUT2D eigenvalue weighted by molar-refractivity contribution is 9.10. The maximum atomic E-state index is 12.8. The van der Waals surface area contributed by atoms with Crippen LogP contribution >= 0.6 is 15.9 Å². The van der Waals surface area contributed by atoms with E-state index in [0.29, 0.717) is 43.2 Å². The molecule has 2 N–H and O–H groups in total. The molecule has 10 heteroatoms. The zero-order valence-electron chi connectivity index (χ0n) is 20.6. The average molecular weight is 559 g/mol. The molecule has 3 amide bonds. The van der Waals surface area contributed by atoms with Crippen molar-refractivity contribution >= 4 is 39.9 Å². The molecule has 1 saturated heterocycles. The second kappa shape index (κ2) is 13.2.